The Morgan fingerprint density at radius 2 is 2.31 bits per heavy atom. The smallest absolute Gasteiger partial charge is 0.322 e. The van der Waals surface area contributed by atoms with Crippen molar-refractivity contribution in [2.24, 2.45) is 0 Å². The van der Waals surface area contributed by atoms with Crippen molar-refractivity contribution >= 4 is 11.9 Å². The number of likely N-dealkylation sites (tertiary alicyclic amines) is 1. The second-order valence-electron chi connectivity index (χ2n) is 3.61. The molecule has 2 N–H and O–H groups in total. The van der Waals surface area contributed by atoms with Crippen molar-refractivity contribution in [2.45, 2.75) is 18.9 Å². The molecule has 5 heteroatoms. The Balaban J connectivity index is 2.14. The lowest BCUT2D eigenvalue weighted by molar-refractivity contribution is -0.123. The van der Waals surface area contributed by atoms with Gasteiger partial charge in [0.05, 0.1) is 0 Å². The van der Waals surface area contributed by atoms with E-state index in [0.717, 1.165) is 19.5 Å². The van der Waals surface area contributed by atoms with Gasteiger partial charge in [0.1, 0.15) is 5.54 Å². The summed E-state index contributed by atoms with van der Waals surface area (Å²) in [6.07, 6.45) is 0.721. The van der Waals surface area contributed by atoms with E-state index in [4.69, 9.17) is 0 Å². The van der Waals surface area contributed by atoms with Crippen molar-refractivity contribution in [1.29, 1.82) is 0 Å². The summed E-state index contributed by atoms with van der Waals surface area (Å²) < 4.78 is 0. The summed E-state index contributed by atoms with van der Waals surface area (Å²) in [7, 11) is 0. The van der Waals surface area contributed by atoms with Crippen molar-refractivity contribution in [1.82, 2.24) is 15.5 Å². The van der Waals surface area contributed by atoms with Gasteiger partial charge in [-0.3, -0.25) is 10.1 Å². The van der Waals surface area contributed by atoms with E-state index in [0.29, 0.717) is 6.54 Å². The Hall–Kier alpha value is -1.10. The van der Waals surface area contributed by atoms with Gasteiger partial charge in [-0.1, -0.05) is 6.92 Å². The monoisotopic (exact) mass is 183 g/mol. The predicted octanol–water partition coefficient (Wildman–Crippen LogP) is -0.710. The Labute approximate surface area is 76.5 Å². The molecule has 2 fully saturated rings. The summed E-state index contributed by atoms with van der Waals surface area (Å²) in [6, 6.07) is -0.358. The van der Waals surface area contributed by atoms with Crippen LogP contribution in [0.15, 0.2) is 0 Å². The highest BCUT2D eigenvalue weighted by atomic mass is 16.2. The number of amides is 3. The Morgan fingerprint density at radius 1 is 1.54 bits per heavy atom. The Kier molecular flexibility index (Phi) is 1.76. The van der Waals surface area contributed by atoms with E-state index in [1.807, 2.05) is 6.92 Å². The zero-order chi connectivity index (χ0) is 9.47. The molecule has 0 aromatic heterocycles. The highest BCUT2D eigenvalue weighted by Gasteiger charge is 2.50. The van der Waals surface area contributed by atoms with Crippen LogP contribution in [0.4, 0.5) is 4.79 Å². The van der Waals surface area contributed by atoms with E-state index in [1.54, 1.807) is 0 Å². The highest BCUT2D eigenvalue weighted by Crippen LogP contribution is 2.23. The lowest BCUT2D eigenvalue weighted by Gasteiger charge is -2.19. The van der Waals surface area contributed by atoms with Crippen LogP contribution < -0.4 is 10.6 Å². The molecular formula is C8H13N3O2. The van der Waals surface area contributed by atoms with Gasteiger partial charge in [-0.05, 0) is 13.0 Å². The molecule has 0 saturated carbocycles. The molecule has 13 heavy (non-hydrogen) atoms. The molecule has 0 bridgehead atoms. The minimum Gasteiger partial charge on any atom is -0.322 e. The summed E-state index contributed by atoms with van der Waals surface area (Å²) in [4.78, 5) is 24.6. The summed E-state index contributed by atoms with van der Waals surface area (Å²) in [5.41, 5.74) is -0.632. The summed E-state index contributed by atoms with van der Waals surface area (Å²) in [6.45, 7) is 4.49. The fourth-order valence-electron chi connectivity index (χ4n) is 1.97. The molecule has 2 heterocycles. The highest BCUT2D eigenvalue weighted by molar-refractivity contribution is 6.07. The third-order valence-electron chi connectivity index (χ3n) is 2.81. The van der Waals surface area contributed by atoms with Gasteiger partial charge in [0.25, 0.3) is 5.91 Å². The molecule has 1 unspecified atom stereocenters. The fourth-order valence-corrected chi connectivity index (χ4v) is 1.97. The topological polar surface area (TPSA) is 61.4 Å². The van der Waals surface area contributed by atoms with Gasteiger partial charge in [-0.25, -0.2) is 4.79 Å². The number of carbonyl (C=O) groups excluding carboxylic acids is 2. The fraction of sp³-hybridized carbons (Fsp3) is 0.750. The summed E-state index contributed by atoms with van der Waals surface area (Å²) in [5.74, 6) is -0.173. The largest absolute Gasteiger partial charge is 0.322 e. The number of likely N-dealkylation sites (N-methyl/N-ethyl adjacent to an activating group) is 1. The maximum atomic E-state index is 11.4. The first kappa shape index (κ1) is 8.50. The Morgan fingerprint density at radius 3 is 2.77 bits per heavy atom. The Bertz CT molecular complexity index is 266. The molecule has 1 spiro atoms. The van der Waals surface area contributed by atoms with Crippen molar-refractivity contribution in [2.75, 3.05) is 19.6 Å². The van der Waals surface area contributed by atoms with Crippen molar-refractivity contribution in [3.8, 4) is 0 Å². The predicted molar refractivity (Wildman–Crippen MR) is 46.1 cm³/mol. The molecule has 5 nitrogen and oxygen atoms in total. The molecule has 2 rings (SSSR count). The molecule has 0 radical (unpaired) electrons. The van der Waals surface area contributed by atoms with Gasteiger partial charge in [0, 0.05) is 13.1 Å². The van der Waals surface area contributed by atoms with Crippen LogP contribution in [-0.2, 0) is 4.79 Å². The number of imide groups is 1. The lowest BCUT2D eigenvalue weighted by atomic mass is 10.00. The molecule has 2 aliphatic rings. The molecule has 0 aliphatic carbocycles. The van der Waals surface area contributed by atoms with E-state index < -0.39 is 5.54 Å². The maximum Gasteiger partial charge on any atom is 0.322 e. The van der Waals surface area contributed by atoms with Crippen LogP contribution in [0.1, 0.15) is 13.3 Å². The number of nitrogens with zero attached hydrogens (tertiary/aromatic N) is 1. The van der Waals surface area contributed by atoms with E-state index in [-0.39, 0.29) is 11.9 Å². The minimum absolute atomic E-state index is 0.173. The molecule has 0 aromatic rings. The number of hydrogen-bond donors (Lipinski definition) is 2. The zero-order valence-corrected chi connectivity index (χ0v) is 7.59. The second kappa shape index (κ2) is 2.70. The lowest BCUT2D eigenvalue weighted by Crippen LogP contribution is -2.48. The molecule has 0 aromatic carbocycles. The first-order chi connectivity index (χ1) is 6.16. The zero-order valence-electron chi connectivity index (χ0n) is 7.59. The standard InChI is InChI=1S/C8H13N3O2/c1-2-11-4-3-8(5-11)6(12)9-7(13)10-8/h2-5H2,1H3,(H2,9,10,12,13). The van der Waals surface area contributed by atoms with Crippen LogP contribution in [0.3, 0.4) is 0 Å². The number of nitrogens with one attached hydrogen (secondary N) is 2. The number of hydrogen-bond acceptors (Lipinski definition) is 3. The van der Waals surface area contributed by atoms with E-state index >= 15 is 0 Å². The van der Waals surface area contributed by atoms with Crippen LogP contribution in [0.25, 0.3) is 0 Å². The van der Waals surface area contributed by atoms with Crippen molar-refractivity contribution in [3.63, 3.8) is 0 Å². The van der Waals surface area contributed by atoms with E-state index in [9.17, 15) is 9.59 Å². The minimum atomic E-state index is -0.632. The van der Waals surface area contributed by atoms with Crippen LogP contribution in [0, 0.1) is 0 Å². The third-order valence-corrected chi connectivity index (χ3v) is 2.81. The molecule has 72 valence electrons. The van der Waals surface area contributed by atoms with Crippen molar-refractivity contribution in [3.05, 3.63) is 0 Å². The van der Waals surface area contributed by atoms with Crippen LogP contribution in [0.2, 0.25) is 0 Å². The quantitative estimate of drug-likeness (QED) is 0.528. The van der Waals surface area contributed by atoms with Gasteiger partial charge in [-0.2, -0.15) is 0 Å². The number of urea groups is 1. The van der Waals surface area contributed by atoms with E-state index in [1.165, 1.54) is 0 Å². The number of carbonyl (C=O) groups is 2. The second-order valence-corrected chi connectivity index (χ2v) is 3.61. The van der Waals surface area contributed by atoms with E-state index in [2.05, 4.69) is 15.5 Å². The first-order valence-electron chi connectivity index (χ1n) is 4.52. The van der Waals surface area contributed by atoms with Gasteiger partial charge in [0.15, 0.2) is 0 Å². The average molecular weight is 183 g/mol. The number of rotatable bonds is 1. The summed E-state index contributed by atoms with van der Waals surface area (Å²) >= 11 is 0. The third kappa shape index (κ3) is 1.19. The average Bonchev–Trinajstić information content (AvgIpc) is 2.59. The van der Waals surface area contributed by atoms with Crippen molar-refractivity contribution < 1.29 is 9.59 Å². The van der Waals surface area contributed by atoms with Gasteiger partial charge < -0.3 is 10.2 Å². The van der Waals surface area contributed by atoms with Gasteiger partial charge in [0.2, 0.25) is 0 Å². The molecule has 2 aliphatic heterocycles. The van der Waals surface area contributed by atoms with Crippen LogP contribution >= 0.6 is 0 Å². The molecule has 1 atom stereocenters. The molecule has 3 amide bonds. The van der Waals surface area contributed by atoms with Crippen LogP contribution in [-0.4, -0.2) is 42.0 Å². The van der Waals surface area contributed by atoms with Crippen LogP contribution in [0.5, 0.6) is 0 Å². The maximum absolute atomic E-state index is 11.4. The van der Waals surface area contributed by atoms with Gasteiger partial charge >= 0.3 is 6.03 Å². The summed E-state index contributed by atoms with van der Waals surface area (Å²) in [5, 5.41) is 4.98. The molecular weight excluding hydrogens is 170 g/mol. The first-order valence-corrected chi connectivity index (χ1v) is 4.52. The SMILES string of the molecule is CCN1CCC2(C1)NC(=O)NC2=O. The van der Waals surface area contributed by atoms with Gasteiger partial charge in [-0.15, -0.1) is 0 Å². The molecule has 2 saturated heterocycles. The normalized spacial score (nSPS) is 33.9.